The maximum absolute atomic E-state index is 9.68. The van der Waals surface area contributed by atoms with Crippen LogP contribution >= 0.6 is 0 Å². The molecule has 4 nitrogen and oxygen atoms in total. The Kier molecular flexibility index (Phi) is 2.06. The van der Waals surface area contributed by atoms with E-state index in [0.717, 1.165) is 0 Å². The predicted octanol–water partition coefficient (Wildman–Crippen LogP) is 1.15. The summed E-state index contributed by atoms with van der Waals surface area (Å²) in [4.78, 5) is 7.81. The van der Waals surface area contributed by atoms with Crippen molar-refractivity contribution >= 4 is 0 Å². The molecule has 0 aliphatic rings. The first kappa shape index (κ1) is 7.94. The molecule has 1 unspecified atom stereocenters. The number of nitrogens with zero attached hydrogens (tertiary/aromatic N) is 2. The smallest absolute Gasteiger partial charge is 0.155 e. The van der Waals surface area contributed by atoms with E-state index in [4.69, 9.17) is 4.42 Å². The zero-order chi connectivity index (χ0) is 9.10. The minimum absolute atomic E-state index is 0.473. The van der Waals surface area contributed by atoms with E-state index in [1.54, 1.807) is 18.3 Å². The lowest BCUT2D eigenvalue weighted by Gasteiger charge is -2.04. The van der Waals surface area contributed by atoms with Gasteiger partial charge in [-0.25, -0.2) is 0 Å². The van der Waals surface area contributed by atoms with Gasteiger partial charge in [0.15, 0.2) is 6.10 Å². The molecule has 1 N–H and O–H groups in total. The van der Waals surface area contributed by atoms with E-state index >= 15 is 0 Å². The van der Waals surface area contributed by atoms with E-state index in [1.807, 2.05) is 0 Å². The second-order valence-electron chi connectivity index (χ2n) is 2.55. The molecule has 1 atom stereocenters. The summed E-state index contributed by atoms with van der Waals surface area (Å²) in [5.74, 6) is 0.473. The van der Waals surface area contributed by atoms with E-state index in [1.165, 1.54) is 18.7 Å². The van der Waals surface area contributed by atoms with Crippen molar-refractivity contribution in [3.8, 4) is 0 Å². The molecule has 0 spiro atoms. The maximum atomic E-state index is 9.68. The molecule has 2 rings (SSSR count). The van der Waals surface area contributed by atoms with Crippen LogP contribution in [-0.2, 0) is 0 Å². The highest BCUT2D eigenvalue weighted by molar-refractivity contribution is 5.14. The van der Waals surface area contributed by atoms with Crippen molar-refractivity contribution in [2.24, 2.45) is 0 Å². The van der Waals surface area contributed by atoms with Gasteiger partial charge < -0.3 is 9.52 Å². The molecule has 0 radical (unpaired) electrons. The average Bonchev–Trinajstić information content (AvgIpc) is 2.71. The van der Waals surface area contributed by atoms with Crippen LogP contribution < -0.4 is 0 Å². The number of rotatable bonds is 2. The van der Waals surface area contributed by atoms with Crippen molar-refractivity contribution in [2.45, 2.75) is 6.10 Å². The number of hydrogen-bond acceptors (Lipinski definition) is 4. The molecule has 0 saturated heterocycles. The van der Waals surface area contributed by atoms with E-state index in [9.17, 15) is 5.11 Å². The van der Waals surface area contributed by atoms with E-state index < -0.39 is 6.10 Å². The molecule has 0 fully saturated rings. The van der Waals surface area contributed by atoms with Crippen molar-refractivity contribution in [2.75, 3.05) is 0 Å². The predicted molar refractivity (Wildman–Crippen MR) is 44.8 cm³/mol. The Hall–Kier alpha value is -1.68. The van der Waals surface area contributed by atoms with Crippen LogP contribution in [0.2, 0.25) is 0 Å². The summed E-state index contributed by atoms with van der Waals surface area (Å²) in [6.07, 6.45) is 5.27. The van der Waals surface area contributed by atoms with Crippen molar-refractivity contribution in [3.05, 3.63) is 48.4 Å². The highest BCUT2D eigenvalue weighted by atomic mass is 16.4. The van der Waals surface area contributed by atoms with E-state index in [0.29, 0.717) is 11.5 Å². The van der Waals surface area contributed by atoms with Gasteiger partial charge in [0.25, 0.3) is 0 Å². The summed E-state index contributed by atoms with van der Waals surface area (Å²) in [5.41, 5.74) is 0.484. The van der Waals surface area contributed by atoms with Gasteiger partial charge in [0.05, 0.1) is 18.2 Å². The first-order valence-corrected chi connectivity index (χ1v) is 3.85. The van der Waals surface area contributed by atoms with Gasteiger partial charge in [0.2, 0.25) is 0 Å². The van der Waals surface area contributed by atoms with Crippen molar-refractivity contribution in [3.63, 3.8) is 0 Å². The highest BCUT2D eigenvalue weighted by Gasteiger charge is 2.13. The van der Waals surface area contributed by atoms with Crippen LogP contribution in [0.15, 0.2) is 41.4 Å². The van der Waals surface area contributed by atoms with Gasteiger partial charge in [-0.1, -0.05) is 0 Å². The minimum atomic E-state index is -0.830. The van der Waals surface area contributed by atoms with Crippen molar-refractivity contribution in [1.29, 1.82) is 0 Å². The van der Waals surface area contributed by atoms with Crippen LogP contribution in [0.1, 0.15) is 17.6 Å². The fourth-order valence-electron chi connectivity index (χ4n) is 1.04. The van der Waals surface area contributed by atoms with Crippen LogP contribution in [0.3, 0.4) is 0 Å². The van der Waals surface area contributed by atoms with Crippen LogP contribution in [0.5, 0.6) is 0 Å². The number of aliphatic hydroxyl groups is 1. The van der Waals surface area contributed by atoms with Crippen molar-refractivity contribution < 1.29 is 9.52 Å². The Morgan fingerprint density at radius 3 is 2.92 bits per heavy atom. The Morgan fingerprint density at radius 2 is 2.31 bits per heavy atom. The molecule has 66 valence electrons. The van der Waals surface area contributed by atoms with Crippen LogP contribution in [-0.4, -0.2) is 15.1 Å². The third kappa shape index (κ3) is 1.57. The molecule has 4 heteroatoms. The van der Waals surface area contributed by atoms with E-state index in [2.05, 4.69) is 9.97 Å². The zero-order valence-corrected chi connectivity index (χ0v) is 6.79. The van der Waals surface area contributed by atoms with Gasteiger partial charge in [-0.05, 0) is 12.1 Å². The van der Waals surface area contributed by atoms with Crippen LogP contribution in [0.4, 0.5) is 0 Å². The first-order valence-electron chi connectivity index (χ1n) is 3.85. The van der Waals surface area contributed by atoms with Gasteiger partial charge in [-0.3, -0.25) is 9.97 Å². The molecule has 0 aliphatic carbocycles. The Bertz CT molecular complexity index is 358. The quantitative estimate of drug-likeness (QED) is 0.745. The summed E-state index contributed by atoms with van der Waals surface area (Å²) in [7, 11) is 0. The number of aromatic nitrogens is 2. The van der Waals surface area contributed by atoms with Crippen LogP contribution in [0, 0.1) is 0 Å². The molecule has 0 amide bonds. The molecule has 0 aliphatic heterocycles. The van der Waals surface area contributed by atoms with Gasteiger partial charge in [-0.15, -0.1) is 0 Å². The summed E-state index contributed by atoms with van der Waals surface area (Å²) < 4.78 is 5.03. The standard InChI is InChI=1S/C9H8N2O2/c12-9(8-2-1-5-13-8)7-6-10-3-4-11-7/h1-6,9,12H. The number of aliphatic hydroxyl groups excluding tert-OH is 1. The third-order valence-electron chi connectivity index (χ3n) is 1.68. The average molecular weight is 176 g/mol. The molecule has 0 saturated carbocycles. The SMILES string of the molecule is OC(c1cnccn1)c1ccco1. The Morgan fingerprint density at radius 1 is 1.38 bits per heavy atom. The first-order chi connectivity index (χ1) is 6.38. The van der Waals surface area contributed by atoms with Crippen molar-refractivity contribution in [1.82, 2.24) is 9.97 Å². The maximum Gasteiger partial charge on any atom is 0.155 e. The molecular formula is C9H8N2O2. The van der Waals surface area contributed by atoms with Gasteiger partial charge in [0.1, 0.15) is 5.76 Å². The van der Waals surface area contributed by atoms with Gasteiger partial charge >= 0.3 is 0 Å². The molecule has 0 aromatic carbocycles. The lowest BCUT2D eigenvalue weighted by molar-refractivity contribution is 0.184. The second kappa shape index (κ2) is 3.37. The molecule has 13 heavy (non-hydrogen) atoms. The molecule has 2 aromatic rings. The van der Waals surface area contributed by atoms with E-state index in [-0.39, 0.29) is 0 Å². The minimum Gasteiger partial charge on any atom is -0.466 e. The highest BCUT2D eigenvalue weighted by Crippen LogP contribution is 2.18. The fourth-order valence-corrected chi connectivity index (χ4v) is 1.04. The summed E-state index contributed by atoms with van der Waals surface area (Å²) in [5, 5.41) is 9.68. The monoisotopic (exact) mass is 176 g/mol. The molecule has 0 bridgehead atoms. The normalized spacial score (nSPS) is 12.7. The lowest BCUT2D eigenvalue weighted by Crippen LogP contribution is -2.00. The number of furan rings is 1. The zero-order valence-electron chi connectivity index (χ0n) is 6.79. The second-order valence-corrected chi connectivity index (χ2v) is 2.55. The van der Waals surface area contributed by atoms with Crippen LogP contribution in [0.25, 0.3) is 0 Å². The fraction of sp³-hybridized carbons (Fsp3) is 0.111. The summed E-state index contributed by atoms with van der Waals surface area (Å²) in [6.45, 7) is 0. The summed E-state index contributed by atoms with van der Waals surface area (Å²) >= 11 is 0. The van der Waals surface area contributed by atoms with Gasteiger partial charge in [-0.2, -0.15) is 0 Å². The largest absolute Gasteiger partial charge is 0.466 e. The third-order valence-corrected chi connectivity index (χ3v) is 1.68. The molecule has 2 heterocycles. The Balaban J connectivity index is 2.29. The Labute approximate surface area is 74.9 Å². The molecule has 2 aromatic heterocycles. The topological polar surface area (TPSA) is 59.2 Å². The summed E-state index contributed by atoms with van der Waals surface area (Å²) in [6, 6.07) is 3.41. The van der Waals surface area contributed by atoms with Gasteiger partial charge in [0, 0.05) is 12.4 Å². The molecular weight excluding hydrogens is 168 g/mol. The number of hydrogen-bond donors (Lipinski definition) is 1. The lowest BCUT2D eigenvalue weighted by atomic mass is 10.2.